The van der Waals surface area contributed by atoms with Crippen LogP contribution in [0.2, 0.25) is 0 Å². The molecule has 0 saturated carbocycles. The Morgan fingerprint density at radius 1 is 1.50 bits per heavy atom. The van der Waals surface area contributed by atoms with Crippen molar-refractivity contribution in [1.29, 1.82) is 0 Å². The Labute approximate surface area is 99.3 Å². The van der Waals surface area contributed by atoms with Gasteiger partial charge in [-0.3, -0.25) is 4.68 Å². The van der Waals surface area contributed by atoms with Gasteiger partial charge < -0.3 is 5.32 Å². The molecular weight excluding hydrogens is 220 g/mol. The maximum absolute atomic E-state index is 4.34. The topological polar surface area (TPSA) is 42.7 Å². The largest absolute Gasteiger partial charge is 0.302 e. The van der Waals surface area contributed by atoms with Gasteiger partial charge in [-0.05, 0) is 12.5 Å². The smallest absolute Gasteiger partial charge is 0.109 e. The number of nitrogens with one attached hydrogen (secondary N) is 1. The molecule has 0 bridgehead atoms. The molecule has 0 aromatic carbocycles. The normalized spacial score (nSPS) is 12.9. The molecule has 0 aliphatic carbocycles. The molecule has 0 aliphatic rings. The highest BCUT2D eigenvalue weighted by molar-refractivity contribution is 7.09. The van der Waals surface area contributed by atoms with E-state index >= 15 is 0 Å². The van der Waals surface area contributed by atoms with Gasteiger partial charge in [0.15, 0.2) is 0 Å². The SMILES string of the molecule is CCC(NCc1ccnn1C)c1nccs1. The molecule has 86 valence electrons. The summed E-state index contributed by atoms with van der Waals surface area (Å²) in [7, 11) is 1.96. The molecule has 1 unspecified atom stereocenters. The van der Waals surface area contributed by atoms with Crippen molar-refractivity contribution in [2.75, 3.05) is 0 Å². The number of aromatic nitrogens is 3. The van der Waals surface area contributed by atoms with Crippen LogP contribution in [0, 0.1) is 0 Å². The molecule has 5 heteroatoms. The average Bonchev–Trinajstić information content (AvgIpc) is 2.92. The van der Waals surface area contributed by atoms with Gasteiger partial charge in [0.25, 0.3) is 0 Å². The number of hydrogen-bond acceptors (Lipinski definition) is 4. The lowest BCUT2D eigenvalue weighted by atomic mass is 10.2. The van der Waals surface area contributed by atoms with Crippen molar-refractivity contribution in [1.82, 2.24) is 20.1 Å². The third-order valence-corrected chi connectivity index (χ3v) is 3.50. The summed E-state index contributed by atoms with van der Waals surface area (Å²) < 4.78 is 1.89. The number of aryl methyl sites for hydroxylation is 1. The molecule has 0 saturated heterocycles. The predicted octanol–water partition coefficient (Wildman–Crippen LogP) is 2.12. The quantitative estimate of drug-likeness (QED) is 0.864. The Morgan fingerprint density at radius 2 is 2.38 bits per heavy atom. The van der Waals surface area contributed by atoms with Gasteiger partial charge in [0, 0.05) is 31.4 Å². The molecule has 0 aliphatic heterocycles. The molecule has 2 heterocycles. The van der Waals surface area contributed by atoms with Gasteiger partial charge in [0.1, 0.15) is 5.01 Å². The van der Waals surface area contributed by atoms with E-state index in [1.165, 1.54) is 5.69 Å². The molecule has 16 heavy (non-hydrogen) atoms. The summed E-state index contributed by atoms with van der Waals surface area (Å²) >= 11 is 1.70. The summed E-state index contributed by atoms with van der Waals surface area (Å²) in [5.41, 5.74) is 1.19. The van der Waals surface area contributed by atoms with Crippen LogP contribution in [0.25, 0.3) is 0 Å². The van der Waals surface area contributed by atoms with Crippen LogP contribution in [-0.4, -0.2) is 14.8 Å². The van der Waals surface area contributed by atoms with E-state index in [4.69, 9.17) is 0 Å². The van der Waals surface area contributed by atoms with Gasteiger partial charge in [-0.2, -0.15) is 5.10 Å². The first-order chi connectivity index (χ1) is 7.81. The zero-order valence-electron chi connectivity index (χ0n) is 9.55. The van der Waals surface area contributed by atoms with Crippen molar-refractivity contribution in [3.05, 3.63) is 34.5 Å². The molecule has 0 fully saturated rings. The summed E-state index contributed by atoms with van der Waals surface area (Å²) in [5, 5.41) is 10.8. The van der Waals surface area contributed by atoms with Crippen molar-refractivity contribution in [2.24, 2.45) is 7.05 Å². The second kappa shape index (κ2) is 5.23. The monoisotopic (exact) mass is 236 g/mol. The highest BCUT2D eigenvalue weighted by atomic mass is 32.1. The second-order valence-corrected chi connectivity index (χ2v) is 4.58. The lowest BCUT2D eigenvalue weighted by Crippen LogP contribution is -2.21. The predicted molar refractivity (Wildman–Crippen MR) is 65.2 cm³/mol. The van der Waals surface area contributed by atoms with E-state index in [1.54, 1.807) is 11.3 Å². The molecule has 1 N–H and O–H groups in total. The van der Waals surface area contributed by atoms with Crippen molar-refractivity contribution in [2.45, 2.75) is 25.9 Å². The molecule has 2 aromatic rings. The first-order valence-electron chi connectivity index (χ1n) is 5.41. The van der Waals surface area contributed by atoms with E-state index in [9.17, 15) is 0 Å². The maximum Gasteiger partial charge on any atom is 0.109 e. The molecule has 2 rings (SSSR count). The van der Waals surface area contributed by atoms with Crippen LogP contribution in [0.1, 0.15) is 30.1 Å². The Bertz CT molecular complexity index is 421. The summed E-state index contributed by atoms with van der Waals surface area (Å²) in [6, 6.07) is 2.37. The van der Waals surface area contributed by atoms with E-state index in [-0.39, 0.29) is 0 Å². The van der Waals surface area contributed by atoms with E-state index < -0.39 is 0 Å². The fourth-order valence-electron chi connectivity index (χ4n) is 1.62. The molecule has 4 nitrogen and oxygen atoms in total. The third-order valence-electron chi connectivity index (χ3n) is 2.61. The lowest BCUT2D eigenvalue weighted by molar-refractivity contribution is 0.501. The van der Waals surface area contributed by atoms with Crippen LogP contribution < -0.4 is 5.32 Å². The molecule has 2 aromatic heterocycles. The van der Waals surface area contributed by atoms with E-state index in [0.717, 1.165) is 18.0 Å². The molecular formula is C11H16N4S. The minimum Gasteiger partial charge on any atom is -0.302 e. The Hall–Kier alpha value is -1.20. The number of nitrogens with zero attached hydrogens (tertiary/aromatic N) is 3. The van der Waals surface area contributed by atoms with Crippen molar-refractivity contribution >= 4 is 11.3 Å². The van der Waals surface area contributed by atoms with Crippen molar-refractivity contribution < 1.29 is 0 Å². The van der Waals surface area contributed by atoms with Gasteiger partial charge in [0.05, 0.1) is 11.7 Å². The molecule has 0 radical (unpaired) electrons. The molecule has 0 amide bonds. The second-order valence-electron chi connectivity index (χ2n) is 3.66. The van der Waals surface area contributed by atoms with Crippen LogP contribution in [0.15, 0.2) is 23.8 Å². The van der Waals surface area contributed by atoms with Gasteiger partial charge in [-0.15, -0.1) is 11.3 Å². The maximum atomic E-state index is 4.34. The summed E-state index contributed by atoms with van der Waals surface area (Å²) in [6.07, 6.45) is 4.72. The van der Waals surface area contributed by atoms with E-state index in [2.05, 4.69) is 22.3 Å². The zero-order valence-corrected chi connectivity index (χ0v) is 10.4. The summed E-state index contributed by atoms with van der Waals surface area (Å²) in [4.78, 5) is 4.34. The van der Waals surface area contributed by atoms with Crippen molar-refractivity contribution in [3.8, 4) is 0 Å². The van der Waals surface area contributed by atoms with E-state index in [0.29, 0.717) is 6.04 Å². The third kappa shape index (κ3) is 2.48. The Morgan fingerprint density at radius 3 is 2.94 bits per heavy atom. The van der Waals surface area contributed by atoms with Crippen LogP contribution in [0.3, 0.4) is 0 Å². The van der Waals surface area contributed by atoms with Crippen LogP contribution in [0.4, 0.5) is 0 Å². The fraction of sp³-hybridized carbons (Fsp3) is 0.455. The molecule has 0 spiro atoms. The number of rotatable bonds is 5. The van der Waals surface area contributed by atoms with Crippen LogP contribution >= 0.6 is 11.3 Å². The van der Waals surface area contributed by atoms with Crippen molar-refractivity contribution in [3.63, 3.8) is 0 Å². The highest BCUT2D eigenvalue weighted by Gasteiger charge is 2.11. The number of thiazole rings is 1. The Balaban J connectivity index is 1.96. The van der Waals surface area contributed by atoms with Crippen LogP contribution in [-0.2, 0) is 13.6 Å². The standard InChI is InChI=1S/C11H16N4S/c1-3-10(11-12-6-7-16-11)13-8-9-4-5-14-15(9)2/h4-7,10,13H,3,8H2,1-2H3. The minimum absolute atomic E-state index is 0.342. The minimum atomic E-state index is 0.342. The van der Waals surface area contributed by atoms with Gasteiger partial charge >= 0.3 is 0 Å². The van der Waals surface area contributed by atoms with Gasteiger partial charge in [-0.25, -0.2) is 4.98 Å². The summed E-state index contributed by atoms with van der Waals surface area (Å²) in [6.45, 7) is 3.00. The van der Waals surface area contributed by atoms with Crippen LogP contribution in [0.5, 0.6) is 0 Å². The number of hydrogen-bond donors (Lipinski definition) is 1. The average molecular weight is 236 g/mol. The Kier molecular flexibility index (Phi) is 3.69. The van der Waals surface area contributed by atoms with Gasteiger partial charge in [-0.1, -0.05) is 6.92 Å². The molecule has 1 atom stereocenters. The first-order valence-corrected chi connectivity index (χ1v) is 6.29. The highest BCUT2D eigenvalue weighted by Crippen LogP contribution is 2.19. The zero-order chi connectivity index (χ0) is 11.4. The fourth-order valence-corrected chi connectivity index (χ4v) is 2.41. The summed E-state index contributed by atoms with van der Waals surface area (Å²) in [5.74, 6) is 0. The van der Waals surface area contributed by atoms with E-state index in [1.807, 2.05) is 35.6 Å². The lowest BCUT2D eigenvalue weighted by Gasteiger charge is -2.14. The first kappa shape index (κ1) is 11.3. The van der Waals surface area contributed by atoms with Gasteiger partial charge in [0.2, 0.25) is 0 Å².